The highest BCUT2D eigenvalue weighted by atomic mass is 35.5. The molecule has 6 heteroatoms. The first-order chi connectivity index (χ1) is 11.0. The number of rotatable bonds is 6. The zero-order valence-electron chi connectivity index (χ0n) is 13.2. The first-order valence-electron chi connectivity index (χ1n) is 7.83. The number of nitrogens with zero attached hydrogens (tertiary/aromatic N) is 1. The maximum atomic E-state index is 12.4. The van der Waals surface area contributed by atoms with Crippen LogP contribution in [0.1, 0.15) is 25.7 Å². The molecular weight excluding hydrogens is 318 g/mol. The number of amides is 1. The van der Waals surface area contributed by atoms with E-state index in [0.29, 0.717) is 36.8 Å². The van der Waals surface area contributed by atoms with Crippen LogP contribution in [0.25, 0.3) is 0 Å². The summed E-state index contributed by atoms with van der Waals surface area (Å²) in [6, 6.07) is 7.06. The van der Waals surface area contributed by atoms with Crippen LogP contribution in [-0.2, 0) is 9.59 Å². The quantitative estimate of drug-likeness (QED) is 0.865. The fraction of sp³-hybridized carbons (Fsp3) is 0.529. The number of carboxylic acids is 1. The van der Waals surface area contributed by atoms with E-state index in [-0.39, 0.29) is 11.8 Å². The van der Waals surface area contributed by atoms with Gasteiger partial charge in [-0.3, -0.25) is 9.59 Å². The minimum Gasteiger partial charge on any atom is -0.492 e. The second kappa shape index (κ2) is 8.20. The van der Waals surface area contributed by atoms with Crippen molar-refractivity contribution in [3.63, 3.8) is 0 Å². The molecule has 2 atom stereocenters. The number of carboxylic acid groups (broad SMARTS) is 1. The Morgan fingerprint density at radius 1 is 1.26 bits per heavy atom. The molecule has 2 rings (SSSR count). The van der Waals surface area contributed by atoms with Gasteiger partial charge < -0.3 is 14.7 Å². The molecule has 2 unspecified atom stereocenters. The lowest BCUT2D eigenvalue weighted by molar-refractivity contribution is -0.145. The third kappa shape index (κ3) is 5.13. The van der Waals surface area contributed by atoms with Gasteiger partial charge in [-0.2, -0.15) is 0 Å². The Kier molecular flexibility index (Phi) is 6.28. The van der Waals surface area contributed by atoms with Crippen molar-refractivity contribution in [1.82, 2.24) is 4.90 Å². The Morgan fingerprint density at radius 2 is 1.91 bits per heavy atom. The van der Waals surface area contributed by atoms with Crippen LogP contribution in [0.4, 0.5) is 0 Å². The number of likely N-dealkylation sites (N-methyl/N-ethyl adjacent to an activating group) is 1. The lowest BCUT2D eigenvalue weighted by Gasteiger charge is -2.29. The molecule has 1 N–H and O–H groups in total. The molecule has 1 amide bonds. The van der Waals surface area contributed by atoms with Crippen LogP contribution < -0.4 is 4.74 Å². The highest BCUT2D eigenvalue weighted by molar-refractivity contribution is 6.30. The predicted octanol–water partition coefficient (Wildman–Crippen LogP) is 3.07. The molecule has 126 valence electrons. The molecule has 0 aromatic heterocycles. The third-order valence-corrected chi connectivity index (χ3v) is 4.51. The highest BCUT2D eigenvalue weighted by Gasteiger charge is 2.32. The van der Waals surface area contributed by atoms with Gasteiger partial charge in [0.15, 0.2) is 0 Å². The average molecular weight is 340 g/mol. The van der Waals surface area contributed by atoms with Crippen LogP contribution in [0, 0.1) is 11.8 Å². The minimum atomic E-state index is -0.795. The normalized spacial score (nSPS) is 20.8. The van der Waals surface area contributed by atoms with E-state index >= 15 is 0 Å². The van der Waals surface area contributed by atoms with Crippen LogP contribution in [0.2, 0.25) is 5.02 Å². The van der Waals surface area contributed by atoms with Crippen LogP contribution in [-0.4, -0.2) is 42.1 Å². The number of benzene rings is 1. The van der Waals surface area contributed by atoms with Crippen molar-refractivity contribution < 1.29 is 19.4 Å². The fourth-order valence-corrected chi connectivity index (χ4v) is 3.02. The molecule has 1 saturated carbocycles. The van der Waals surface area contributed by atoms with E-state index in [1.54, 1.807) is 36.2 Å². The summed E-state index contributed by atoms with van der Waals surface area (Å²) in [6.07, 6.45) is 2.67. The number of ether oxygens (including phenoxy) is 1. The second-order valence-corrected chi connectivity index (χ2v) is 6.40. The first-order valence-corrected chi connectivity index (χ1v) is 8.21. The molecule has 0 heterocycles. The van der Waals surface area contributed by atoms with E-state index in [0.717, 1.165) is 12.8 Å². The molecular formula is C17H22ClNO4. The molecule has 5 nitrogen and oxygen atoms in total. The summed E-state index contributed by atoms with van der Waals surface area (Å²) in [7, 11) is 1.73. The fourth-order valence-electron chi connectivity index (χ4n) is 2.89. The summed E-state index contributed by atoms with van der Waals surface area (Å²) in [5.41, 5.74) is 0. The number of aliphatic carboxylic acids is 1. The topological polar surface area (TPSA) is 66.8 Å². The predicted molar refractivity (Wildman–Crippen MR) is 87.7 cm³/mol. The maximum absolute atomic E-state index is 12.4. The van der Waals surface area contributed by atoms with Crippen molar-refractivity contribution in [2.45, 2.75) is 25.7 Å². The van der Waals surface area contributed by atoms with Gasteiger partial charge in [-0.25, -0.2) is 0 Å². The van der Waals surface area contributed by atoms with Gasteiger partial charge in [0.25, 0.3) is 0 Å². The number of hydrogen-bond donors (Lipinski definition) is 1. The van der Waals surface area contributed by atoms with Crippen molar-refractivity contribution in [2.24, 2.45) is 11.8 Å². The van der Waals surface area contributed by atoms with Gasteiger partial charge in [-0.05, 0) is 43.5 Å². The van der Waals surface area contributed by atoms with Crippen LogP contribution in [0.5, 0.6) is 5.75 Å². The van der Waals surface area contributed by atoms with Crippen molar-refractivity contribution in [1.29, 1.82) is 0 Å². The molecule has 1 fully saturated rings. The summed E-state index contributed by atoms with van der Waals surface area (Å²) >= 11 is 5.81. The smallest absolute Gasteiger partial charge is 0.306 e. The van der Waals surface area contributed by atoms with Gasteiger partial charge in [-0.1, -0.05) is 18.0 Å². The van der Waals surface area contributed by atoms with E-state index < -0.39 is 11.9 Å². The van der Waals surface area contributed by atoms with Gasteiger partial charge in [0.05, 0.1) is 12.5 Å². The molecule has 0 aliphatic heterocycles. The van der Waals surface area contributed by atoms with Crippen LogP contribution in [0.3, 0.4) is 0 Å². The molecule has 1 aliphatic rings. The van der Waals surface area contributed by atoms with Crippen LogP contribution >= 0.6 is 11.6 Å². The largest absolute Gasteiger partial charge is 0.492 e. The van der Waals surface area contributed by atoms with E-state index in [1.165, 1.54) is 0 Å². The Morgan fingerprint density at radius 3 is 2.57 bits per heavy atom. The van der Waals surface area contributed by atoms with E-state index in [4.69, 9.17) is 21.4 Å². The molecule has 1 aromatic carbocycles. The molecule has 0 radical (unpaired) electrons. The van der Waals surface area contributed by atoms with Crippen molar-refractivity contribution >= 4 is 23.5 Å². The van der Waals surface area contributed by atoms with Gasteiger partial charge >= 0.3 is 5.97 Å². The van der Waals surface area contributed by atoms with Gasteiger partial charge in [0.1, 0.15) is 12.4 Å². The summed E-state index contributed by atoms with van der Waals surface area (Å²) in [4.78, 5) is 25.1. The number of carbonyl (C=O) groups is 2. The number of hydrogen-bond acceptors (Lipinski definition) is 3. The summed E-state index contributed by atoms with van der Waals surface area (Å²) in [5, 5.41) is 9.76. The number of halogens is 1. The van der Waals surface area contributed by atoms with Gasteiger partial charge in [-0.15, -0.1) is 0 Å². The van der Waals surface area contributed by atoms with Crippen molar-refractivity contribution in [3.8, 4) is 5.75 Å². The summed E-state index contributed by atoms with van der Waals surface area (Å²) in [5.74, 6) is -0.660. The molecule has 23 heavy (non-hydrogen) atoms. The third-order valence-electron chi connectivity index (χ3n) is 4.26. The first kappa shape index (κ1) is 17.6. The SMILES string of the molecule is CN(CCOc1ccc(Cl)cc1)C(=O)C1CCCC(C(=O)O)C1. The Labute approximate surface area is 141 Å². The van der Waals surface area contributed by atoms with E-state index in [9.17, 15) is 9.59 Å². The lowest BCUT2D eigenvalue weighted by Crippen LogP contribution is -2.38. The monoisotopic (exact) mass is 339 g/mol. The summed E-state index contributed by atoms with van der Waals surface area (Å²) < 4.78 is 5.58. The maximum Gasteiger partial charge on any atom is 0.306 e. The van der Waals surface area contributed by atoms with Gasteiger partial charge in [0.2, 0.25) is 5.91 Å². The lowest BCUT2D eigenvalue weighted by atomic mass is 9.81. The molecule has 0 saturated heterocycles. The second-order valence-electron chi connectivity index (χ2n) is 5.96. The molecule has 0 spiro atoms. The minimum absolute atomic E-state index is 0.00987. The van der Waals surface area contributed by atoms with E-state index in [1.807, 2.05) is 0 Å². The molecule has 0 bridgehead atoms. The number of carbonyl (C=O) groups excluding carboxylic acids is 1. The van der Waals surface area contributed by atoms with Crippen LogP contribution in [0.15, 0.2) is 24.3 Å². The van der Waals surface area contributed by atoms with Crippen molar-refractivity contribution in [2.75, 3.05) is 20.2 Å². The zero-order valence-corrected chi connectivity index (χ0v) is 14.0. The van der Waals surface area contributed by atoms with Gasteiger partial charge in [0, 0.05) is 18.0 Å². The standard InChI is InChI=1S/C17H22ClNO4/c1-19(9-10-23-15-7-5-14(18)6-8-15)16(20)12-3-2-4-13(11-12)17(21)22/h5-8,12-13H,2-4,9-11H2,1H3,(H,21,22). The Hall–Kier alpha value is -1.75. The van der Waals surface area contributed by atoms with Crippen molar-refractivity contribution in [3.05, 3.63) is 29.3 Å². The zero-order chi connectivity index (χ0) is 16.8. The summed E-state index contributed by atoms with van der Waals surface area (Å²) in [6.45, 7) is 0.856. The highest BCUT2D eigenvalue weighted by Crippen LogP contribution is 2.30. The van der Waals surface area contributed by atoms with E-state index in [2.05, 4.69) is 0 Å². The average Bonchev–Trinajstić information content (AvgIpc) is 2.56. The molecule has 1 aliphatic carbocycles. The Bertz CT molecular complexity index is 546. The molecule has 1 aromatic rings. The Balaban J connectivity index is 1.78.